The van der Waals surface area contributed by atoms with Crippen LogP contribution >= 0.6 is 11.8 Å². The second-order valence-corrected chi connectivity index (χ2v) is 8.02. The summed E-state index contributed by atoms with van der Waals surface area (Å²) in [4.78, 5) is 0. The smallest absolute Gasteiger partial charge is 0.0129 e. The molecule has 0 aromatic rings. The Morgan fingerprint density at radius 1 is 0.929 bits per heavy atom. The van der Waals surface area contributed by atoms with Crippen molar-refractivity contribution in [3.8, 4) is 0 Å². The van der Waals surface area contributed by atoms with E-state index in [4.69, 9.17) is 0 Å². The molecule has 1 unspecified atom stereocenters. The van der Waals surface area contributed by atoms with Gasteiger partial charge in [0.25, 0.3) is 0 Å². The van der Waals surface area contributed by atoms with E-state index in [0.717, 1.165) is 11.2 Å². The summed E-state index contributed by atoms with van der Waals surface area (Å²) in [5, 5.41) is 0.844. The van der Waals surface area contributed by atoms with Crippen LogP contribution in [0.4, 0.5) is 0 Å². The fourth-order valence-electron chi connectivity index (χ4n) is 2.52. The van der Waals surface area contributed by atoms with Gasteiger partial charge in [-0.05, 0) is 35.3 Å². The third-order valence-corrected chi connectivity index (χ3v) is 5.21. The fourth-order valence-corrected chi connectivity index (χ4v) is 4.39. The topological polar surface area (TPSA) is 0 Å². The molecule has 84 valence electrons. The van der Waals surface area contributed by atoms with Gasteiger partial charge < -0.3 is 0 Å². The van der Waals surface area contributed by atoms with Gasteiger partial charge in [-0.15, -0.1) is 0 Å². The van der Waals surface area contributed by atoms with Crippen molar-refractivity contribution >= 4 is 11.8 Å². The van der Waals surface area contributed by atoms with Crippen molar-refractivity contribution in [2.45, 2.75) is 59.6 Å². The van der Waals surface area contributed by atoms with Crippen molar-refractivity contribution in [2.75, 3.05) is 5.75 Å². The Kier molecular flexibility index (Phi) is 3.62. The minimum atomic E-state index is 0.461. The van der Waals surface area contributed by atoms with Gasteiger partial charge in [0.2, 0.25) is 0 Å². The van der Waals surface area contributed by atoms with E-state index in [1.54, 1.807) is 0 Å². The third kappa shape index (κ3) is 2.92. The van der Waals surface area contributed by atoms with E-state index in [2.05, 4.69) is 53.3 Å². The maximum atomic E-state index is 2.41. The first kappa shape index (κ1) is 12.4. The average molecular weight is 214 g/mol. The monoisotopic (exact) mass is 214 g/mol. The van der Waals surface area contributed by atoms with Gasteiger partial charge in [0.1, 0.15) is 0 Å². The lowest BCUT2D eigenvalue weighted by Crippen LogP contribution is -2.40. The lowest BCUT2D eigenvalue weighted by Gasteiger charge is -2.46. The molecule has 2 atom stereocenters. The van der Waals surface area contributed by atoms with Gasteiger partial charge in [-0.3, -0.25) is 0 Å². The summed E-state index contributed by atoms with van der Waals surface area (Å²) >= 11 is 2.21. The second-order valence-electron chi connectivity index (χ2n) is 6.77. The van der Waals surface area contributed by atoms with E-state index >= 15 is 0 Å². The molecule has 1 heterocycles. The van der Waals surface area contributed by atoms with Gasteiger partial charge in [-0.2, -0.15) is 11.8 Å². The largest absolute Gasteiger partial charge is 0.158 e. The fraction of sp³-hybridized carbons (Fsp3) is 1.00. The predicted octanol–water partition coefficient (Wildman–Crippen LogP) is 4.59. The highest BCUT2D eigenvalue weighted by atomic mass is 32.2. The summed E-state index contributed by atoms with van der Waals surface area (Å²) in [6, 6.07) is 0. The Hall–Kier alpha value is 0.350. The Morgan fingerprint density at radius 3 is 1.86 bits per heavy atom. The maximum Gasteiger partial charge on any atom is 0.0129 e. The van der Waals surface area contributed by atoms with Crippen LogP contribution in [0.2, 0.25) is 0 Å². The highest BCUT2D eigenvalue weighted by Gasteiger charge is 2.40. The highest BCUT2D eigenvalue weighted by molar-refractivity contribution is 8.00. The minimum Gasteiger partial charge on any atom is -0.158 e. The van der Waals surface area contributed by atoms with Crippen LogP contribution in [0.5, 0.6) is 0 Å². The number of thioether (sulfide) groups is 1. The van der Waals surface area contributed by atoms with Gasteiger partial charge in [-0.1, -0.05) is 41.5 Å². The molecule has 0 amide bonds. The number of hydrogen-bond donors (Lipinski definition) is 0. The lowest BCUT2D eigenvalue weighted by atomic mass is 9.69. The minimum absolute atomic E-state index is 0.461. The van der Waals surface area contributed by atoms with Gasteiger partial charge in [0.05, 0.1) is 0 Å². The van der Waals surface area contributed by atoms with Crippen LogP contribution < -0.4 is 0 Å². The number of hydrogen-bond acceptors (Lipinski definition) is 1. The zero-order valence-corrected chi connectivity index (χ0v) is 11.5. The quantitative estimate of drug-likeness (QED) is 0.568. The van der Waals surface area contributed by atoms with E-state index in [0.29, 0.717) is 10.8 Å². The summed E-state index contributed by atoms with van der Waals surface area (Å²) in [5.41, 5.74) is 0.939. The van der Waals surface area contributed by atoms with Gasteiger partial charge in [0.15, 0.2) is 0 Å². The Labute approximate surface area is 94.2 Å². The third-order valence-electron chi connectivity index (χ3n) is 3.29. The van der Waals surface area contributed by atoms with Crippen LogP contribution in [0.1, 0.15) is 54.4 Å². The Bertz CT molecular complexity index is 160. The van der Waals surface area contributed by atoms with Crippen molar-refractivity contribution in [1.82, 2.24) is 0 Å². The molecule has 0 N–H and O–H groups in total. The van der Waals surface area contributed by atoms with Crippen LogP contribution in [0.25, 0.3) is 0 Å². The van der Waals surface area contributed by atoms with Crippen LogP contribution in [-0.4, -0.2) is 11.0 Å². The molecule has 0 spiro atoms. The van der Waals surface area contributed by atoms with Crippen LogP contribution in [0.3, 0.4) is 0 Å². The summed E-state index contributed by atoms with van der Waals surface area (Å²) < 4.78 is 0. The average Bonchev–Trinajstić information content (AvgIpc) is 2.01. The molecule has 1 fully saturated rings. The number of rotatable bonds is 0. The molecule has 0 aliphatic carbocycles. The Balaban J connectivity index is 2.80. The molecule has 1 rings (SSSR count). The van der Waals surface area contributed by atoms with E-state index in [9.17, 15) is 0 Å². The van der Waals surface area contributed by atoms with Crippen LogP contribution in [0, 0.1) is 16.7 Å². The molecular formula is C13H26S. The molecule has 1 heteroatoms. The molecule has 0 bridgehead atoms. The molecular weight excluding hydrogens is 188 g/mol. The zero-order valence-electron chi connectivity index (χ0n) is 10.7. The van der Waals surface area contributed by atoms with E-state index in [1.807, 2.05) is 0 Å². The standard InChI is InChI=1S/C13H26S/c1-12(2,3)10-8-7-9-14-11(10)13(4,5)6/h10-11H,7-9H2,1-6H3/t10?,11-/m1/s1. The first-order valence-corrected chi connectivity index (χ1v) is 6.89. The van der Waals surface area contributed by atoms with Crippen molar-refractivity contribution in [1.29, 1.82) is 0 Å². The molecule has 0 radical (unpaired) electrons. The van der Waals surface area contributed by atoms with Crippen molar-refractivity contribution in [3.63, 3.8) is 0 Å². The van der Waals surface area contributed by atoms with Gasteiger partial charge in [0, 0.05) is 5.25 Å². The van der Waals surface area contributed by atoms with E-state index in [-0.39, 0.29) is 0 Å². The van der Waals surface area contributed by atoms with Crippen molar-refractivity contribution in [2.24, 2.45) is 16.7 Å². The summed E-state index contributed by atoms with van der Waals surface area (Å²) in [6.45, 7) is 14.4. The molecule has 0 saturated carbocycles. The zero-order chi connectivity index (χ0) is 11.0. The van der Waals surface area contributed by atoms with Gasteiger partial charge in [-0.25, -0.2) is 0 Å². The van der Waals surface area contributed by atoms with E-state index in [1.165, 1.54) is 18.6 Å². The van der Waals surface area contributed by atoms with Crippen LogP contribution in [0.15, 0.2) is 0 Å². The molecule has 0 aromatic heterocycles. The molecule has 1 aliphatic rings. The maximum absolute atomic E-state index is 2.41. The normalized spacial score (nSPS) is 30.4. The van der Waals surface area contributed by atoms with Crippen molar-refractivity contribution in [3.05, 3.63) is 0 Å². The SMILES string of the molecule is CC(C)(C)C1CCCS[C@H]1C(C)(C)C. The first-order valence-electron chi connectivity index (χ1n) is 5.84. The molecule has 0 nitrogen and oxygen atoms in total. The predicted molar refractivity (Wildman–Crippen MR) is 67.9 cm³/mol. The lowest BCUT2D eigenvalue weighted by molar-refractivity contribution is 0.159. The van der Waals surface area contributed by atoms with Gasteiger partial charge >= 0.3 is 0 Å². The van der Waals surface area contributed by atoms with Crippen LogP contribution in [-0.2, 0) is 0 Å². The molecule has 14 heavy (non-hydrogen) atoms. The first-order chi connectivity index (χ1) is 6.23. The second kappa shape index (κ2) is 4.08. The Morgan fingerprint density at radius 2 is 1.50 bits per heavy atom. The van der Waals surface area contributed by atoms with Crippen molar-refractivity contribution < 1.29 is 0 Å². The summed E-state index contributed by atoms with van der Waals surface area (Å²) in [7, 11) is 0. The summed E-state index contributed by atoms with van der Waals surface area (Å²) in [6.07, 6.45) is 2.84. The van der Waals surface area contributed by atoms with E-state index < -0.39 is 0 Å². The molecule has 1 aliphatic heterocycles. The molecule has 1 saturated heterocycles. The molecule has 0 aromatic carbocycles. The summed E-state index contributed by atoms with van der Waals surface area (Å²) in [5.74, 6) is 2.26. The highest BCUT2D eigenvalue weighted by Crippen LogP contribution is 2.48.